The molecular formula is C16H21ClN2O2. The first-order valence-corrected chi connectivity index (χ1v) is 7.47. The Morgan fingerprint density at radius 1 is 1.43 bits per heavy atom. The fourth-order valence-electron chi connectivity index (χ4n) is 2.72. The van der Waals surface area contributed by atoms with Gasteiger partial charge in [-0.2, -0.15) is 0 Å². The van der Waals surface area contributed by atoms with Crippen molar-refractivity contribution in [3.05, 3.63) is 34.9 Å². The fourth-order valence-corrected chi connectivity index (χ4v) is 2.90. The molecule has 0 atom stereocenters. The number of rotatable bonds is 4. The van der Waals surface area contributed by atoms with Gasteiger partial charge in [0, 0.05) is 29.9 Å². The Morgan fingerprint density at radius 3 is 2.71 bits per heavy atom. The quantitative estimate of drug-likeness (QED) is 0.869. The smallest absolute Gasteiger partial charge is 0.328 e. The van der Waals surface area contributed by atoms with E-state index in [1.54, 1.807) is 6.08 Å². The van der Waals surface area contributed by atoms with Gasteiger partial charge in [0.15, 0.2) is 0 Å². The van der Waals surface area contributed by atoms with Crippen LogP contribution in [-0.2, 0) is 4.79 Å². The Balaban J connectivity index is 2.23. The van der Waals surface area contributed by atoms with Gasteiger partial charge in [0.2, 0.25) is 0 Å². The van der Waals surface area contributed by atoms with Crippen molar-refractivity contribution in [1.29, 1.82) is 0 Å². The van der Waals surface area contributed by atoms with E-state index >= 15 is 0 Å². The molecule has 0 aromatic heterocycles. The first-order valence-electron chi connectivity index (χ1n) is 7.09. The Morgan fingerprint density at radius 2 is 2.10 bits per heavy atom. The molecule has 0 saturated carbocycles. The number of aliphatic carboxylic acids is 1. The van der Waals surface area contributed by atoms with Crippen LogP contribution in [0.5, 0.6) is 0 Å². The van der Waals surface area contributed by atoms with E-state index in [1.165, 1.54) is 0 Å². The van der Waals surface area contributed by atoms with Crippen LogP contribution in [0.1, 0.15) is 18.4 Å². The maximum absolute atomic E-state index is 10.7. The number of carboxylic acid groups (broad SMARTS) is 1. The largest absolute Gasteiger partial charge is 0.478 e. The van der Waals surface area contributed by atoms with Gasteiger partial charge >= 0.3 is 5.97 Å². The molecule has 1 aliphatic rings. The molecule has 0 radical (unpaired) electrons. The number of halogens is 1. The predicted octanol–water partition coefficient (Wildman–Crippen LogP) is 2.97. The number of hydrogen-bond acceptors (Lipinski definition) is 3. The lowest BCUT2D eigenvalue weighted by molar-refractivity contribution is -0.131. The summed E-state index contributed by atoms with van der Waals surface area (Å²) < 4.78 is 0. The van der Waals surface area contributed by atoms with Crippen LogP contribution in [-0.4, -0.2) is 49.2 Å². The van der Waals surface area contributed by atoms with Crippen molar-refractivity contribution < 1.29 is 9.90 Å². The van der Waals surface area contributed by atoms with E-state index in [4.69, 9.17) is 16.7 Å². The van der Waals surface area contributed by atoms with Crippen LogP contribution in [0.15, 0.2) is 24.3 Å². The molecule has 1 fully saturated rings. The van der Waals surface area contributed by atoms with Crippen molar-refractivity contribution >= 4 is 29.3 Å². The number of nitrogens with zero attached hydrogens (tertiary/aromatic N) is 2. The number of carbonyl (C=O) groups is 1. The average Bonchev–Trinajstić information content (AvgIpc) is 2.45. The zero-order valence-corrected chi connectivity index (χ0v) is 13.2. The topological polar surface area (TPSA) is 43.8 Å². The summed E-state index contributed by atoms with van der Waals surface area (Å²) in [4.78, 5) is 15.3. The molecule has 0 amide bonds. The minimum Gasteiger partial charge on any atom is -0.478 e. The highest BCUT2D eigenvalue weighted by atomic mass is 35.5. The van der Waals surface area contributed by atoms with Gasteiger partial charge in [-0.15, -0.1) is 0 Å². The van der Waals surface area contributed by atoms with Crippen LogP contribution in [0.3, 0.4) is 0 Å². The highest BCUT2D eigenvalue weighted by Crippen LogP contribution is 2.28. The van der Waals surface area contributed by atoms with Gasteiger partial charge in [-0.3, -0.25) is 0 Å². The summed E-state index contributed by atoms with van der Waals surface area (Å²) in [6, 6.07) is 6.09. The van der Waals surface area contributed by atoms with Crippen LogP contribution in [0.25, 0.3) is 6.08 Å². The van der Waals surface area contributed by atoms with E-state index in [2.05, 4.69) is 23.9 Å². The number of piperidine rings is 1. The lowest BCUT2D eigenvalue weighted by Crippen LogP contribution is -2.42. The third-order valence-corrected chi connectivity index (χ3v) is 4.25. The van der Waals surface area contributed by atoms with Crippen molar-refractivity contribution in [3.63, 3.8) is 0 Å². The van der Waals surface area contributed by atoms with Crippen LogP contribution >= 0.6 is 11.6 Å². The summed E-state index contributed by atoms with van der Waals surface area (Å²) >= 11 is 6.04. The molecule has 21 heavy (non-hydrogen) atoms. The number of benzene rings is 1. The van der Waals surface area contributed by atoms with E-state index in [-0.39, 0.29) is 0 Å². The fraction of sp³-hybridized carbons (Fsp3) is 0.438. The minimum atomic E-state index is -0.956. The normalized spacial score (nSPS) is 17.3. The van der Waals surface area contributed by atoms with Gasteiger partial charge in [-0.25, -0.2) is 4.79 Å². The molecule has 0 bridgehead atoms. The Hall–Kier alpha value is -1.52. The molecule has 4 nitrogen and oxygen atoms in total. The predicted molar refractivity (Wildman–Crippen MR) is 87.0 cm³/mol. The first kappa shape index (κ1) is 15.9. The van der Waals surface area contributed by atoms with E-state index in [9.17, 15) is 4.79 Å². The second-order valence-corrected chi connectivity index (χ2v) is 5.96. The standard InChI is InChI=1S/C16H21ClN2O2/c1-18-9-7-14(8-10-18)19(2)15-5-4-13(17)11-12(15)3-6-16(20)21/h3-6,11,14H,7-10H2,1-2H3,(H,20,21)/b6-3+. The number of hydrogen-bond donors (Lipinski definition) is 1. The minimum absolute atomic E-state index is 0.472. The van der Waals surface area contributed by atoms with Crippen molar-refractivity contribution in [3.8, 4) is 0 Å². The molecule has 1 aromatic carbocycles. The van der Waals surface area contributed by atoms with Crippen LogP contribution in [0.2, 0.25) is 5.02 Å². The third kappa shape index (κ3) is 4.22. The maximum atomic E-state index is 10.7. The first-order chi connectivity index (χ1) is 9.97. The Kier molecular flexibility index (Phi) is 5.26. The number of carboxylic acids is 1. The summed E-state index contributed by atoms with van der Waals surface area (Å²) in [6.45, 7) is 2.17. The summed E-state index contributed by atoms with van der Waals surface area (Å²) in [5, 5.41) is 9.42. The van der Waals surface area contributed by atoms with Crippen molar-refractivity contribution in [2.24, 2.45) is 0 Å². The molecule has 1 aliphatic heterocycles. The van der Waals surface area contributed by atoms with Crippen LogP contribution in [0.4, 0.5) is 5.69 Å². The third-order valence-electron chi connectivity index (χ3n) is 4.01. The van der Waals surface area contributed by atoms with Gasteiger partial charge in [0.05, 0.1) is 0 Å². The van der Waals surface area contributed by atoms with E-state index in [1.807, 2.05) is 18.2 Å². The zero-order chi connectivity index (χ0) is 15.4. The number of likely N-dealkylation sites (tertiary alicyclic amines) is 1. The summed E-state index contributed by atoms with van der Waals surface area (Å²) in [6.07, 6.45) is 4.97. The molecule has 114 valence electrons. The molecule has 1 N–H and O–H groups in total. The van der Waals surface area contributed by atoms with E-state index < -0.39 is 5.97 Å². The molecule has 0 unspecified atom stereocenters. The van der Waals surface area contributed by atoms with E-state index in [0.29, 0.717) is 11.1 Å². The summed E-state index contributed by atoms with van der Waals surface area (Å²) in [5.41, 5.74) is 1.86. The van der Waals surface area contributed by atoms with Gasteiger partial charge < -0.3 is 14.9 Å². The van der Waals surface area contributed by atoms with Crippen LogP contribution < -0.4 is 4.90 Å². The molecule has 0 spiro atoms. The highest BCUT2D eigenvalue weighted by molar-refractivity contribution is 6.30. The lowest BCUT2D eigenvalue weighted by atomic mass is 10.0. The summed E-state index contributed by atoms with van der Waals surface area (Å²) in [5.74, 6) is -0.956. The van der Waals surface area contributed by atoms with Gasteiger partial charge in [0.25, 0.3) is 0 Å². The van der Waals surface area contributed by atoms with Gasteiger partial charge in [-0.05, 0) is 62.8 Å². The Bertz CT molecular complexity index is 537. The molecule has 1 aromatic rings. The molecule has 1 saturated heterocycles. The van der Waals surface area contributed by atoms with Crippen molar-refractivity contribution in [1.82, 2.24) is 4.90 Å². The van der Waals surface area contributed by atoms with E-state index in [0.717, 1.165) is 43.3 Å². The lowest BCUT2D eigenvalue weighted by Gasteiger charge is -2.37. The SMILES string of the molecule is CN1CCC(N(C)c2ccc(Cl)cc2/C=C/C(=O)O)CC1. The number of anilines is 1. The molecular weight excluding hydrogens is 288 g/mol. The van der Waals surface area contributed by atoms with Gasteiger partial charge in [0.1, 0.15) is 0 Å². The monoisotopic (exact) mass is 308 g/mol. The second kappa shape index (κ2) is 6.96. The second-order valence-electron chi connectivity index (χ2n) is 5.52. The molecule has 0 aliphatic carbocycles. The molecule has 1 heterocycles. The molecule has 5 heteroatoms. The highest BCUT2D eigenvalue weighted by Gasteiger charge is 2.22. The van der Waals surface area contributed by atoms with Crippen molar-refractivity contribution in [2.75, 3.05) is 32.1 Å². The maximum Gasteiger partial charge on any atom is 0.328 e. The summed E-state index contributed by atoms with van der Waals surface area (Å²) in [7, 11) is 4.21. The van der Waals surface area contributed by atoms with Crippen molar-refractivity contribution in [2.45, 2.75) is 18.9 Å². The zero-order valence-electron chi connectivity index (χ0n) is 12.4. The molecule has 2 rings (SSSR count). The van der Waals surface area contributed by atoms with Crippen LogP contribution in [0, 0.1) is 0 Å². The van der Waals surface area contributed by atoms with Gasteiger partial charge in [-0.1, -0.05) is 11.6 Å². The average molecular weight is 309 g/mol. The Labute approximate surface area is 130 Å².